The van der Waals surface area contributed by atoms with Crippen molar-refractivity contribution in [1.82, 2.24) is 15.2 Å². The van der Waals surface area contributed by atoms with E-state index in [1.54, 1.807) is 6.92 Å². The third kappa shape index (κ3) is 4.20. The normalized spacial score (nSPS) is 9.83. The Kier molecular flexibility index (Phi) is 6.54. The summed E-state index contributed by atoms with van der Waals surface area (Å²) in [5.41, 5.74) is 0.150. The van der Waals surface area contributed by atoms with E-state index in [4.69, 9.17) is 11.2 Å². The highest BCUT2D eigenvalue weighted by Crippen LogP contribution is 2.22. The lowest BCUT2D eigenvalue weighted by atomic mass is 10.5. The molecule has 0 bridgehead atoms. The van der Waals surface area contributed by atoms with Gasteiger partial charge in [0, 0.05) is 12.2 Å². The van der Waals surface area contributed by atoms with Crippen molar-refractivity contribution in [3.63, 3.8) is 0 Å². The highest BCUT2D eigenvalue weighted by Gasteiger charge is 2.18. The van der Waals surface area contributed by atoms with Gasteiger partial charge in [0.05, 0.1) is 6.61 Å². The number of terminal acetylenes is 1. The molecule has 0 aromatic carbocycles. The van der Waals surface area contributed by atoms with Gasteiger partial charge in [-0.3, -0.25) is 0 Å². The van der Waals surface area contributed by atoms with E-state index >= 15 is 0 Å². The smallest absolute Gasteiger partial charge is 0.361 e. The Morgan fingerprint density at radius 1 is 1.50 bits per heavy atom. The van der Waals surface area contributed by atoms with E-state index in [0.29, 0.717) is 29.0 Å². The molecule has 1 aromatic rings. The minimum Gasteiger partial charge on any atom is -0.461 e. The molecule has 0 amide bonds. The average Bonchev–Trinajstić information content (AvgIpc) is 2.39. The van der Waals surface area contributed by atoms with Crippen LogP contribution in [0.5, 0.6) is 0 Å². The minimum absolute atomic E-state index is 0.150. The number of hydrogen-bond acceptors (Lipinski definition) is 7. The summed E-state index contributed by atoms with van der Waals surface area (Å²) >= 11 is 2.75. The molecule has 0 aliphatic rings. The summed E-state index contributed by atoms with van der Waals surface area (Å²) < 4.78 is 4.91. The van der Waals surface area contributed by atoms with Crippen LogP contribution < -0.4 is 0 Å². The number of ether oxygens (including phenoxy) is 1. The Bertz CT molecular complexity index is 460. The van der Waals surface area contributed by atoms with Crippen LogP contribution in [0.3, 0.4) is 0 Å². The molecule has 18 heavy (non-hydrogen) atoms. The number of rotatable bonds is 6. The van der Waals surface area contributed by atoms with E-state index in [2.05, 4.69) is 21.1 Å². The molecule has 0 unspecified atom stereocenters. The largest absolute Gasteiger partial charge is 0.461 e. The zero-order valence-corrected chi connectivity index (χ0v) is 11.8. The summed E-state index contributed by atoms with van der Waals surface area (Å²) in [6, 6.07) is 0. The van der Waals surface area contributed by atoms with E-state index in [-0.39, 0.29) is 5.69 Å². The molecular formula is C11H13N3O2S2. The Labute approximate surface area is 114 Å². The first kappa shape index (κ1) is 14.8. The lowest BCUT2D eigenvalue weighted by molar-refractivity contribution is 0.0511. The number of nitrogens with zero attached hydrogens (tertiary/aromatic N) is 3. The molecule has 1 rings (SSSR count). The zero-order valence-electron chi connectivity index (χ0n) is 10.2. The molecule has 0 saturated carbocycles. The average molecular weight is 283 g/mol. The first-order valence-electron chi connectivity index (χ1n) is 5.25. The van der Waals surface area contributed by atoms with Crippen LogP contribution in [0, 0.1) is 12.3 Å². The van der Waals surface area contributed by atoms with Gasteiger partial charge in [-0.25, -0.2) is 9.78 Å². The number of thioether (sulfide) groups is 2. The van der Waals surface area contributed by atoms with Crippen LogP contribution in [0.1, 0.15) is 23.8 Å². The fourth-order valence-corrected chi connectivity index (χ4v) is 2.21. The molecule has 0 aliphatic carbocycles. The van der Waals surface area contributed by atoms with E-state index in [0.717, 1.165) is 0 Å². The van der Waals surface area contributed by atoms with E-state index < -0.39 is 5.97 Å². The first-order valence-corrected chi connectivity index (χ1v) is 7.46. The number of esters is 1. The first-order chi connectivity index (χ1) is 8.72. The highest BCUT2D eigenvalue weighted by molar-refractivity contribution is 7.99. The third-order valence-corrected chi connectivity index (χ3v) is 3.28. The molecule has 0 N–H and O–H groups in total. The zero-order chi connectivity index (χ0) is 13.4. The minimum atomic E-state index is -0.506. The summed E-state index contributed by atoms with van der Waals surface area (Å²) in [4.78, 5) is 15.9. The summed E-state index contributed by atoms with van der Waals surface area (Å²) in [6.45, 7) is 2.03. The van der Waals surface area contributed by atoms with Crippen molar-refractivity contribution >= 4 is 29.5 Å². The molecular weight excluding hydrogens is 270 g/mol. The van der Waals surface area contributed by atoms with Crippen molar-refractivity contribution in [2.75, 3.05) is 18.6 Å². The third-order valence-electron chi connectivity index (χ3n) is 1.77. The van der Waals surface area contributed by atoms with Crippen LogP contribution >= 0.6 is 23.5 Å². The SMILES string of the molecule is C#CCCSc1nc(SC)nnc1C(=O)OCC. The van der Waals surface area contributed by atoms with Gasteiger partial charge in [0.2, 0.25) is 10.9 Å². The summed E-state index contributed by atoms with van der Waals surface area (Å²) in [6.07, 6.45) is 7.63. The van der Waals surface area contributed by atoms with E-state index in [9.17, 15) is 4.79 Å². The highest BCUT2D eigenvalue weighted by atomic mass is 32.2. The molecule has 7 heteroatoms. The van der Waals surface area contributed by atoms with Crippen LogP contribution in [-0.2, 0) is 4.74 Å². The van der Waals surface area contributed by atoms with Crippen LogP contribution in [-0.4, -0.2) is 39.8 Å². The Hall–Kier alpha value is -1.26. The van der Waals surface area contributed by atoms with Crippen molar-refractivity contribution < 1.29 is 9.53 Å². The van der Waals surface area contributed by atoms with Crippen molar-refractivity contribution in [3.05, 3.63) is 5.69 Å². The molecule has 0 radical (unpaired) electrons. The summed E-state index contributed by atoms with van der Waals surface area (Å²) in [5, 5.41) is 8.74. The van der Waals surface area contributed by atoms with Crippen molar-refractivity contribution in [1.29, 1.82) is 0 Å². The summed E-state index contributed by atoms with van der Waals surface area (Å²) in [7, 11) is 0. The molecule has 0 aliphatic heterocycles. The number of aromatic nitrogens is 3. The van der Waals surface area contributed by atoms with Gasteiger partial charge in [-0.2, -0.15) is 0 Å². The number of carbonyl (C=O) groups is 1. The second kappa shape index (κ2) is 7.95. The van der Waals surface area contributed by atoms with Crippen LogP contribution in [0.2, 0.25) is 0 Å². The lowest BCUT2D eigenvalue weighted by Crippen LogP contribution is -2.12. The monoisotopic (exact) mass is 283 g/mol. The molecule has 5 nitrogen and oxygen atoms in total. The van der Waals surface area contributed by atoms with E-state index in [1.807, 2.05) is 6.26 Å². The van der Waals surface area contributed by atoms with Gasteiger partial charge in [0.1, 0.15) is 5.03 Å². The van der Waals surface area contributed by atoms with Gasteiger partial charge in [-0.1, -0.05) is 11.8 Å². The standard InChI is InChI=1S/C11H13N3O2S2/c1-4-6-7-18-9-8(10(15)16-5-2)13-14-11(12-9)17-3/h1H,5-7H2,2-3H3. The fraction of sp³-hybridized carbons (Fsp3) is 0.455. The van der Waals surface area contributed by atoms with Crippen LogP contribution in [0.4, 0.5) is 0 Å². The van der Waals surface area contributed by atoms with Crippen molar-refractivity contribution in [2.24, 2.45) is 0 Å². The topological polar surface area (TPSA) is 65.0 Å². The molecule has 0 spiro atoms. The quantitative estimate of drug-likeness (QED) is 0.342. The van der Waals surface area contributed by atoms with Gasteiger partial charge >= 0.3 is 5.97 Å². The molecule has 96 valence electrons. The molecule has 1 aromatic heterocycles. The second-order valence-corrected chi connectivity index (χ2v) is 4.83. The van der Waals surface area contributed by atoms with Gasteiger partial charge in [-0.05, 0) is 13.2 Å². The van der Waals surface area contributed by atoms with Crippen molar-refractivity contribution in [2.45, 2.75) is 23.5 Å². The summed E-state index contributed by atoms with van der Waals surface area (Å²) in [5.74, 6) is 2.70. The predicted molar refractivity (Wildman–Crippen MR) is 71.7 cm³/mol. The second-order valence-electron chi connectivity index (χ2n) is 2.98. The molecule has 0 saturated heterocycles. The van der Waals surface area contributed by atoms with Gasteiger partial charge in [0.25, 0.3) is 0 Å². The Morgan fingerprint density at radius 2 is 2.28 bits per heavy atom. The number of hydrogen-bond donors (Lipinski definition) is 0. The Balaban J connectivity index is 2.93. The van der Waals surface area contributed by atoms with Gasteiger partial charge in [-0.15, -0.1) is 34.3 Å². The maximum Gasteiger partial charge on any atom is 0.361 e. The van der Waals surface area contributed by atoms with E-state index in [1.165, 1.54) is 23.5 Å². The van der Waals surface area contributed by atoms with Gasteiger partial charge < -0.3 is 4.74 Å². The van der Waals surface area contributed by atoms with Crippen LogP contribution in [0.15, 0.2) is 10.2 Å². The predicted octanol–water partition coefficient (Wildman–Crippen LogP) is 1.89. The fourth-order valence-electron chi connectivity index (χ4n) is 1.02. The lowest BCUT2D eigenvalue weighted by Gasteiger charge is -2.06. The Morgan fingerprint density at radius 3 is 2.89 bits per heavy atom. The van der Waals surface area contributed by atoms with Crippen molar-refractivity contribution in [3.8, 4) is 12.3 Å². The maximum absolute atomic E-state index is 11.7. The van der Waals surface area contributed by atoms with Gasteiger partial charge in [0.15, 0.2) is 0 Å². The van der Waals surface area contributed by atoms with Crippen LogP contribution in [0.25, 0.3) is 0 Å². The molecule has 1 heterocycles. The molecule has 0 atom stereocenters. The number of carbonyl (C=O) groups excluding carboxylic acids is 1. The molecule has 0 fully saturated rings. The maximum atomic E-state index is 11.7.